The minimum absolute atomic E-state index is 0.0769. The first-order chi connectivity index (χ1) is 17.0. The van der Waals surface area contributed by atoms with E-state index in [0.29, 0.717) is 34.5 Å². The van der Waals surface area contributed by atoms with Gasteiger partial charge in [0.2, 0.25) is 5.91 Å². The number of ether oxygens (including phenoxy) is 4. The number of amides is 1. The molecule has 1 atom stereocenters. The summed E-state index contributed by atoms with van der Waals surface area (Å²) in [6, 6.07) is 4.96. The number of thioether (sulfide) groups is 1. The van der Waals surface area contributed by atoms with E-state index < -0.39 is 12.0 Å². The Bertz CT molecular complexity index is 1050. The molecule has 1 amide bonds. The molecule has 1 aromatic rings. The highest BCUT2D eigenvalue weighted by atomic mass is 32.2. The Morgan fingerprint density at radius 1 is 1.06 bits per heavy atom. The third kappa shape index (κ3) is 5.33. The zero-order chi connectivity index (χ0) is 24.9. The highest BCUT2D eigenvalue weighted by Crippen LogP contribution is 2.46. The van der Waals surface area contributed by atoms with Crippen LogP contribution in [0, 0.1) is 0 Å². The van der Waals surface area contributed by atoms with Gasteiger partial charge in [0.25, 0.3) is 0 Å². The lowest BCUT2D eigenvalue weighted by Crippen LogP contribution is -2.38. The first kappa shape index (κ1) is 25.1. The van der Waals surface area contributed by atoms with Crippen molar-refractivity contribution in [2.24, 2.45) is 4.99 Å². The van der Waals surface area contributed by atoms with Gasteiger partial charge in [0.05, 0.1) is 44.6 Å². The van der Waals surface area contributed by atoms with Crippen molar-refractivity contribution in [2.45, 2.75) is 32.2 Å². The summed E-state index contributed by atoms with van der Waals surface area (Å²) in [5.74, 6) is 0.793. The number of esters is 1. The summed E-state index contributed by atoms with van der Waals surface area (Å²) in [5.41, 5.74) is 2.54. The van der Waals surface area contributed by atoms with Crippen LogP contribution >= 0.6 is 11.8 Å². The molecule has 3 heterocycles. The molecule has 0 spiro atoms. The number of carbonyl (C=O) groups is 2. The van der Waals surface area contributed by atoms with Crippen LogP contribution in [-0.2, 0) is 19.1 Å². The number of likely N-dealkylation sites (tertiary alicyclic amines) is 1. The van der Waals surface area contributed by atoms with Crippen molar-refractivity contribution in [2.75, 3.05) is 47.6 Å². The molecule has 3 aliphatic rings. The van der Waals surface area contributed by atoms with Crippen LogP contribution in [0.2, 0.25) is 0 Å². The molecule has 1 unspecified atom stereocenters. The fraction of sp³-hybridized carbons (Fsp3) is 0.480. The number of fused-ring (bicyclic) bond motifs is 1. The van der Waals surface area contributed by atoms with Crippen LogP contribution in [0.5, 0.6) is 11.5 Å². The maximum Gasteiger partial charge on any atom is 0.338 e. The molecule has 1 saturated heterocycles. The Balaban J connectivity index is 1.74. The summed E-state index contributed by atoms with van der Waals surface area (Å²) >= 11 is 1.45. The van der Waals surface area contributed by atoms with E-state index in [2.05, 4.69) is 0 Å². The number of methoxy groups -OCH3 is 3. The van der Waals surface area contributed by atoms with Crippen LogP contribution in [0.4, 0.5) is 0 Å². The second-order valence-electron chi connectivity index (χ2n) is 8.43. The van der Waals surface area contributed by atoms with Crippen LogP contribution in [0.1, 0.15) is 37.8 Å². The van der Waals surface area contributed by atoms with E-state index in [1.165, 1.54) is 11.8 Å². The molecule has 35 heavy (non-hydrogen) atoms. The van der Waals surface area contributed by atoms with E-state index in [1.54, 1.807) is 34.3 Å². The molecule has 3 aliphatic heterocycles. The summed E-state index contributed by atoms with van der Waals surface area (Å²) in [4.78, 5) is 34.9. The van der Waals surface area contributed by atoms with Gasteiger partial charge in [0.15, 0.2) is 5.17 Å². The minimum Gasteiger partial charge on any atom is -0.497 e. The largest absolute Gasteiger partial charge is 0.497 e. The van der Waals surface area contributed by atoms with Gasteiger partial charge in [-0.05, 0) is 42.9 Å². The first-order valence-corrected chi connectivity index (χ1v) is 12.5. The van der Waals surface area contributed by atoms with Gasteiger partial charge >= 0.3 is 5.97 Å². The molecule has 0 radical (unpaired) electrons. The highest BCUT2D eigenvalue weighted by Gasteiger charge is 2.42. The van der Waals surface area contributed by atoms with Crippen LogP contribution in [-0.4, -0.2) is 74.5 Å². The molecule has 188 valence electrons. The molecule has 0 saturated carbocycles. The molecular weight excluding hydrogens is 470 g/mol. The van der Waals surface area contributed by atoms with Gasteiger partial charge in [-0.2, -0.15) is 0 Å². The van der Waals surface area contributed by atoms with E-state index in [1.807, 2.05) is 27.3 Å². The van der Waals surface area contributed by atoms with Gasteiger partial charge in [-0.15, -0.1) is 0 Å². The average Bonchev–Trinajstić information content (AvgIpc) is 3.53. The third-order valence-corrected chi connectivity index (χ3v) is 7.11. The molecule has 1 fully saturated rings. The number of allylic oxidation sites excluding steroid dienone is 1. The summed E-state index contributed by atoms with van der Waals surface area (Å²) in [6.45, 7) is 3.79. The lowest BCUT2D eigenvalue weighted by molar-refractivity contribution is -0.141. The van der Waals surface area contributed by atoms with Gasteiger partial charge in [0.1, 0.15) is 18.1 Å². The number of benzene rings is 1. The third-order valence-electron chi connectivity index (χ3n) is 6.22. The SMILES string of the molecule is COCCOC(=O)C1=C(C)N=C2SC=C(CC(=O)N3CCCC3)N2C1c1cc(OC)cc(OC)c1. The predicted octanol–water partition coefficient (Wildman–Crippen LogP) is 3.48. The summed E-state index contributed by atoms with van der Waals surface area (Å²) < 4.78 is 21.6. The topological polar surface area (TPSA) is 89.9 Å². The Hall–Kier alpha value is -2.98. The minimum atomic E-state index is -0.561. The van der Waals surface area contributed by atoms with Gasteiger partial charge in [-0.3, -0.25) is 4.79 Å². The number of aliphatic imine (C=N–C) groups is 1. The van der Waals surface area contributed by atoms with E-state index >= 15 is 0 Å². The fourth-order valence-electron chi connectivity index (χ4n) is 4.46. The highest BCUT2D eigenvalue weighted by molar-refractivity contribution is 8.16. The van der Waals surface area contributed by atoms with E-state index in [0.717, 1.165) is 37.2 Å². The van der Waals surface area contributed by atoms with E-state index in [4.69, 9.17) is 23.9 Å². The average molecular weight is 502 g/mol. The summed E-state index contributed by atoms with van der Waals surface area (Å²) in [5, 5.41) is 2.66. The zero-order valence-corrected chi connectivity index (χ0v) is 21.4. The van der Waals surface area contributed by atoms with Gasteiger partial charge in [0, 0.05) is 32.0 Å². The predicted molar refractivity (Wildman–Crippen MR) is 133 cm³/mol. The second-order valence-corrected chi connectivity index (χ2v) is 9.27. The molecule has 0 bridgehead atoms. The number of carbonyl (C=O) groups excluding carboxylic acids is 2. The number of nitrogens with zero attached hydrogens (tertiary/aromatic N) is 3. The number of amidine groups is 1. The molecule has 0 aliphatic carbocycles. The Morgan fingerprint density at radius 2 is 1.74 bits per heavy atom. The van der Waals surface area contributed by atoms with E-state index in [-0.39, 0.29) is 18.9 Å². The number of hydrogen-bond acceptors (Lipinski definition) is 9. The maximum atomic E-state index is 13.3. The van der Waals surface area contributed by atoms with Crippen LogP contribution in [0.25, 0.3) is 0 Å². The Labute approximate surface area is 209 Å². The van der Waals surface area contributed by atoms with Crippen molar-refractivity contribution in [3.05, 3.63) is 46.1 Å². The summed E-state index contributed by atoms with van der Waals surface area (Å²) in [6.07, 6.45) is 2.29. The van der Waals surface area contributed by atoms with Crippen molar-refractivity contribution in [1.82, 2.24) is 9.80 Å². The Morgan fingerprint density at radius 3 is 2.37 bits per heavy atom. The van der Waals surface area contributed by atoms with Crippen molar-refractivity contribution in [1.29, 1.82) is 0 Å². The lowest BCUT2D eigenvalue weighted by Gasteiger charge is -2.36. The molecule has 9 nitrogen and oxygen atoms in total. The van der Waals surface area contributed by atoms with Gasteiger partial charge < -0.3 is 28.7 Å². The molecule has 0 aromatic heterocycles. The monoisotopic (exact) mass is 501 g/mol. The molecule has 0 N–H and O–H groups in total. The van der Waals surface area contributed by atoms with Crippen LogP contribution in [0.3, 0.4) is 0 Å². The van der Waals surface area contributed by atoms with Crippen molar-refractivity contribution in [3.63, 3.8) is 0 Å². The number of rotatable bonds is 9. The molecule has 10 heteroatoms. The first-order valence-electron chi connectivity index (χ1n) is 11.6. The van der Waals surface area contributed by atoms with E-state index in [9.17, 15) is 9.59 Å². The normalized spacial score (nSPS) is 19.4. The molecular formula is C25H31N3O6S. The quantitative estimate of drug-likeness (QED) is 0.375. The van der Waals surface area contributed by atoms with Crippen molar-refractivity contribution >= 4 is 28.8 Å². The molecule has 4 rings (SSSR count). The lowest BCUT2D eigenvalue weighted by atomic mass is 9.93. The standard InChI is InChI=1S/C25H31N3O6S/c1-16-22(24(30)34-10-9-31-2)23(17-11-19(32-3)14-20(12-17)33-4)28-18(15-35-25(28)26-16)13-21(29)27-7-5-6-8-27/h11-12,14-15,23H,5-10,13H2,1-4H3. The second kappa shape index (κ2) is 11.2. The van der Waals surface area contributed by atoms with Crippen molar-refractivity contribution < 1.29 is 28.5 Å². The van der Waals surface area contributed by atoms with Crippen LogP contribution in [0.15, 0.2) is 45.6 Å². The number of hydrogen-bond donors (Lipinski definition) is 0. The molecule has 1 aromatic carbocycles. The van der Waals surface area contributed by atoms with Gasteiger partial charge in [-0.25, -0.2) is 9.79 Å². The maximum absolute atomic E-state index is 13.3. The summed E-state index contributed by atoms with van der Waals surface area (Å²) in [7, 11) is 4.72. The smallest absolute Gasteiger partial charge is 0.338 e. The fourth-order valence-corrected chi connectivity index (χ4v) is 5.43. The zero-order valence-electron chi connectivity index (χ0n) is 20.5. The van der Waals surface area contributed by atoms with Gasteiger partial charge in [-0.1, -0.05) is 11.8 Å². The van der Waals surface area contributed by atoms with Crippen LogP contribution < -0.4 is 9.47 Å². The van der Waals surface area contributed by atoms with Crippen molar-refractivity contribution in [3.8, 4) is 11.5 Å². The Kier molecular flexibility index (Phi) is 8.02.